The van der Waals surface area contributed by atoms with Crippen LogP contribution in [0, 0.1) is 6.92 Å². The number of ether oxygens (including phenoxy) is 2. The van der Waals surface area contributed by atoms with Gasteiger partial charge >= 0.3 is 5.97 Å². The average molecular weight is 412 g/mol. The number of benzene rings is 2. The molecule has 2 aromatic heterocycles. The van der Waals surface area contributed by atoms with E-state index in [-0.39, 0.29) is 0 Å². The molecule has 154 valence electrons. The SMILES string of the molecule is COc1cc(/C=N/Nc2cc(C)c3ccccc3n2)ccc1OC(=O)c1cccnc1. The lowest BCUT2D eigenvalue weighted by atomic mass is 10.1. The number of rotatable bonds is 6. The highest BCUT2D eigenvalue weighted by atomic mass is 16.6. The number of nitrogens with one attached hydrogen (secondary N) is 1. The Kier molecular flexibility index (Phi) is 5.84. The molecular weight excluding hydrogens is 392 g/mol. The third-order valence-corrected chi connectivity index (χ3v) is 4.60. The van der Waals surface area contributed by atoms with Gasteiger partial charge in [-0.15, -0.1) is 0 Å². The van der Waals surface area contributed by atoms with E-state index in [1.54, 1.807) is 42.7 Å². The van der Waals surface area contributed by atoms with Gasteiger partial charge in [0.15, 0.2) is 11.5 Å². The van der Waals surface area contributed by atoms with Gasteiger partial charge in [0.2, 0.25) is 0 Å². The number of hydrogen-bond acceptors (Lipinski definition) is 7. The Hall–Kier alpha value is -4.26. The summed E-state index contributed by atoms with van der Waals surface area (Å²) in [6, 6.07) is 18.4. The van der Waals surface area contributed by atoms with Gasteiger partial charge in [0.25, 0.3) is 0 Å². The summed E-state index contributed by atoms with van der Waals surface area (Å²) in [5, 5.41) is 5.37. The Morgan fingerprint density at radius 2 is 1.94 bits per heavy atom. The topological polar surface area (TPSA) is 85.7 Å². The summed E-state index contributed by atoms with van der Waals surface area (Å²) in [6.07, 6.45) is 4.68. The third kappa shape index (κ3) is 4.67. The molecule has 0 aliphatic heterocycles. The maximum atomic E-state index is 12.3. The number of para-hydroxylation sites is 1. The zero-order valence-electron chi connectivity index (χ0n) is 17.1. The lowest BCUT2D eigenvalue weighted by Crippen LogP contribution is -2.09. The maximum Gasteiger partial charge on any atom is 0.345 e. The van der Waals surface area contributed by atoms with E-state index in [9.17, 15) is 4.79 Å². The summed E-state index contributed by atoms with van der Waals surface area (Å²) in [7, 11) is 1.51. The second-order valence-corrected chi connectivity index (χ2v) is 6.75. The van der Waals surface area contributed by atoms with Crippen molar-refractivity contribution in [1.29, 1.82) is 0 Å². The second-order valence-electron chi connectivity index (χ2n) is 6.75. The van der Waals surface area contributed by atoms with E-state index in [4.69, 9.17) is 9.47 Å². The van der Waals surface area contributed by atoms with Crippen LogP contribution in [0.25, 0.3) is 10.9 Å². The van der Waals surface area contributed by atoms with Crippen LogP contribution in [0.3, 0.4) is 0 Å². The van der Waals surface area contributed by atoms with Crippen molar-refractivity contribution in [2.24, 2.45) is 5.10 Å². The molecule has 0 fully saturated rings. The normalized spacial score (nSPS) is 10.9. The molecule has 31 heavy (non-hydrogen) atoms. The molecule has 0 radical (unpaired) electrons. The van der Waals surface area contributed by atoms with E-state index in [0.29, 0.717) is 22.9 Å². The van der Waals surface area contributed by atoms with Crippen LogP contribution < -0.4 is 14.9 Å². The molecule has 1 N–H and O–H groups in total. The molecule has 0 aliphatic rings. The quantitative estimate of drug-likeness (QED) is 0.215. The van der Waals surface area contributed by atoms with Gasteiger partial charge in [0.05, 0.1) is 24.4 Å². The largest absolute Gasteiger partial charge is 0.493 e. The Bertz CT molecular complexity index is 1260. The van der Waals surface area contributed by atoms with Crippen molar-refractivity contribution in [2.75, 3.05) is 12.5 Å². The summed E-state index contributed by atoms with van der Waals surface area (Å²) >= 11 is 0. The number of anilines is 1. The maximum absolute atomic E-state index is 12.3. The number of carbonyl (C=O) groups is 1. The van der Waals surface area contributed by atoms with Crippen LogP contribution >= 0.6 is 0 Å². The number of methoxy groups -OCH3 is 1. The molecule has 0 bridgehead atoms. The Labute approximate surface area is 179 Å². The van der Waals surface area contributed by atoms with E-state index in [1.807, 2.05) is 37.3 Å². The minimum atomic E-state index is -0.507. The lowest BCUT2D eigenvalue weighted by Gasteiger charge is -2.10. The van der Waals surface area contributed by atoms with E-state index in [2.05, 4.69) is 20.5 Å². The van der Waals surface area contributed by atoms with Crippen molar-refractivity contribution in [3.8, 4) is 11.5 Å². The molecule has 2 heterocycles. The van der Waals surface area contributed by atoms with E-state index in [1.165, 1.54) is 13.3 Å². The van der Waals surface area contributed by atoms with Gasteiger partial charge in [-0.1, -0.05) is 18.2 Å². The van der Waals surface area contributed by atoms with Gasteiger partial charge in [-0.05, 0) is 60.5 Å². The molecule has 2 aromatic carbocycles. The zero-order chi connectivity index (χ0) is 21.6. The first kappa shape index (κ1) is 20.0. The van der Waals surface area contributed by atoms with Crippen molar-refractivity contribution in [3.63, 3.8) is 0 Å². The number of hydrazone groups is 1. The predicted molar refractivity (Wildman–Crippen MR) is 120 cm³/mol. The number of pyridine rings is 2. The highest BCUT2D eigenvalue weighted by molar-refractivity contribution is 5.91. The number of carbonyl (C=O) groups excluding carboxylic acids is 1. The number of aryl methyl sites for hydroxylation is 1. The van der Waals surface area contributed by atoms with Crippen LogP contribution in [0.15, 0.2) is 78.2 Å². The molecule has 0 saturated heterocycles. The van der Waals surface area contributed by atoms with Crippen molar-refractivity contribution in [2.45, 2.75) is 6.92 Å². The Balaban J connectivity index is 1.48. The predicted octanol–water partition coefficient (Wildman–Crippen LogP) is 4.61. The number of aromatic nitrogens is 2. The van der Waals surface area contributed by atoms with E-state index < -0.39 is 5.97 Å². The molecule has 0 spiro atoms. The van der Waals surface area contributed by atoms with Crippen LogP contribution in [-0.2, 0) is 0 Å². The number of esters is 1. The third-order valence-electron chi connectivity index (χ3n) is 4.60. The fourth-order valence-electron chi connectivity index (χ4n) is 3.07. The number of fused-ring (bicyclic) bond motifs is 1. The minimum Gasteiger partial charge on any atom is -0.493 e. The van der Waals surface area contributed by atoms with E-state index in [0.717, 1.165) is 22.0 Å². The molecule has 7 nitrogen and oxygen atoms in total. The number of nitrogens with zero attached hydrogens (tertiary/aromatic N) is 3. The van der Waals surface area contributed by atoms with Gasteiger partial charge in [0.1, 0.15) is 5.82 Å². The molecule has 0 saturated carbocycles. The van der Waals surface area contributed by atoms with Crippen LogP contribution in [0.1, 0.15) is 21.5 Å². The lowest BCUT2D eigenvalue weighted by molar-refractivity contribution is 0.0729. The van der Waals surface area contributed by atoms with Crippen LogP contribution in [0.2, 0.25) is 0 Å². The van der Waals surface area contributed by atoms with Crippen LogP contribution in [0.4, 0.5) is 5.82 Å². The van der Waals surface area contributed by atoms with Crippen molar-refractivity contribution >= 4 is 28.9 Å². The summed E-state index contributed by atoms with van der Waals surface area (Å²) in [6.45, 7) is 2.04. The molecule has 0 aliphatic carbocycles. The van der Waals surface area contributed by atoms with Crippen molar-refractivity contribution in [3.05, 3.63) is 89.7 Å². The smallest absolute Gasteiger partial charge is 0.345 e. The average Bonchev–Trinajstić information content (AvgIpc) is 2.80. The van der Waals surface area contributed by atoms with Gasteiger partial charge in [0, 0.05) is 17.8 Å². The first-order valence-electron chi connectivity index (χ1n) is 9.60. The van der Waals surface area contributed by atoms with Crippen LogP contribution in [-0.4, -0.2) is 29.3 Å². The van der Waals surface area contributed by atoms with Gasteiger partial charge < -0.3 is 9.47 Å². The fraction of sp³-hybridized carbons (Fsp3) is 0.0833. The van der Waals surface area contributed by atoms with Gasteiger partial charge in [-0.2, -0.15) is 5.10 Å². The second kappa shape index (κ2) is 9.04. The highest BCUT2D eigenvalue weighted by Gasteiger charge is 2.12. The van der Waals surface area contributed by atoms with Crippen molar-refractivity contribution in [1.82, 2.24) is 9.97 Å². The van der Waals surface area contributed by atoms with Crippen LogP contribution in [0.5, 0.6) is 11.5 Å². The summed E-state index contributed by atoms with van der Waals surface area (Å²) in [5.74, 6) is 0.878. The monoisotopic (exact) mass is 412 g/mol. The molecule has 0 unspecified atom stereocenters. The first-order valence-corrected chi connectivity index (χ1v) is 9.60. The number of hydrogen-bond donors (Lipinski definition) is 1. The minimum absolute atomic E-state index is 0.313. The highest BCUT2D eigenvalue weighted by Crippen LogP contribution is 2.28. The molecule has 7 heteroatoms. The molecular formula is C24H20N4O3. The Morgan fingerprint density at radius 3 is 2.74 bits per heavy atom. The first-order chi connectivity index (χ1) is 15.1. The molecule has 0 amide bonds. The zero-order valence-corrected chi connectivity index (χ0v) is 17.1. The molecule has 4 aromatic rings. The van der Waals surface area contributed by atoms with Gasteiger partial charge in [-0.25, -0.2) is 9.78 Å². The fourth-order valence-corrected chi connectivity index (χ4v) is 3.07. The van der Waals surface area contributed by atoms with Gasteiger partial charge in [-0.3, -0.25) is 10.4 Å². The molecule has 0 atom stereocenters. The Morgan fingerprint density at radius 1 is 1.06 bits per heavy atom. The molecule has 4 rings (SSSR count). The summed E-state index contributed by atoms with van der Waals surface area (Å²) in [4.78, 5) is 20.7. The standard InChI is InChI=1S/C24H20N4O3/c1-16-12-23(27-20-8-4-3-7-19(16)20)28-26-14-17-9-10-21(22(13-17)30-2)31-24(29)18-6-5-11-25-15-18/h3-15H,1-2H3,(H,27,28)/b26-14+. The summed E-state index contributed by atoms with van der Waals surface area (Å²) in [5.41, 5.74) is 6.10. The summed E-state index contributed by atoms with van der Waals surface area (Å²) < 4.78 is 10.8. The van der Waals surface area contributed by atoms with E-state index >= 15 is 0 Å². The van der Waals surface area contributed by atoms with Crippen molar-refractivity contribution < 1.29 is 14.3 Å².